The van der Waals surface area contributed by atoms with Crippen molar-refractivity contribution in [2.75, 3.05) is 0 Å². The molecule has 0 aromatic heterocycles. The SMILES string of the molecule is Cc1cccc(C)c1Oc1ccccc1C(C)C. The van der Waals surface area contributed by atoms with Crippen molar-refractivity contribution in [1.82, 2.24) is 0 Å². The summed E-state index contributed by atoms with van der Waals surface area (Å²) >= 11 is 0. The molecule has 0 N–H and O–H groups in total. The Morgan fingerprint density at radius 2 is 1.44 bits per heavy atom. The lowest BCUT2D eigenvalue weighted by Gasteiger charge is -2.16. The molecule has 94 valence electrons. The summed E-state index contributed by atoms with van der Waals surface area (Å²) in [7, 11) is 0. The molecule has 0 saturated carbocycles. The second-order valence-electron chi connectivity index (χ2n) is 5.02. The molecule has 18 heavy (non-hydrogen) atoms. The highest BCUT2D eigenvalue weighted by molar-refractivity contribution is 5.45. The first kappa shape index (κ1) is 12.7. The summed E-state index contributed by atoms with van der Waals surface area (Å²) in [6, 6.07) is 14.5. The predicted molar refractivity (Wildman–Crippen MR) is 76.5 cm³/mol. The van der Waals surface area contributed by atoms with Gasteiger partial charge < -0.3 is 4.74 Å². The molecule has 0 unspecified atom stereocenters. The van der Waals surface area contributed by atoms with Gasteiger partial charge >= 0.3 is 0 Å². The average Bonchev–Trinajstić information content (AvgIpc) is 2.34. The quantitative estimate of drug-likeness (QED) is 0.714. The Labute approximate surface area is 109 Å². The molecule has 0 atom stereocenters. The maximum absolute atomic E-state index is 6.13. The van der Waals surface area contributed by atoms with E-state index in [1.165, 1.54) is 16.7 Å². The maximum atomic E-state index is 6.13. The number of para-hydroxylation sites is 2. The summed E-state index contributed by atoms with van der Waals surface area (Å²) in [6.07, 6.45) is 0. The van der Waals surface area contributed by atoms with Gasteiger partial charge in [0.05, 0.1) is 0 Å². The molecule has 0 amide bonds. The van der Waals surface area contributed by atoms with E-state index >= 15 is 0 Å². The van der Waals surface area contributed by atoms with Crippen LogP contribution in [0.2, 0.25) is 0 Å². The van der Waals surface area contributed by atoms with E-state index in [0.29, 0.717) is 5.92 Å². The van der Waals surface area contributed by atoms with Crippen LogP contribution in [0.25, 0.3) is 0 Å². The van der Waals surface area contributed by atoms with Crippen molar-refractivity contribution in [2.45, 2.75) is 33.6 Å². The van der Waals surface area contributed by atoms with Crippen LogP contribution < -0.4 is 4.74 Å². The van der Waals surface area contributed by atoms with E-state index in [9.17, 15) is 0 Å². The van der Waals surface area contributed by atoms with E-state index in [2.05, 4.69) is 58.0 Å². The number of aryl methyl sites for hydroxylation is 2. The fourth-order valence-corrected chi connectivity index (χ4v) is 2.12. The molecule has 1 heteroatoms. The van der Waals surface area contributed by atoms with E-state index in [4.69, 9.17) is 4.74 Å². The summed E-state index contributed by atoms with van der Waals surface area (Å²) in [5, 5.41) is 0. The molecule has 0 aliphatic rings. The number of hydrogen-bond donors (Lipinski definition) is 0. The summed E-state index contributed by atoms with van der Waals surface area (Å²) in [4.78, 5) is 0. The maximum Gasteiger partial charge on any atom is 0.133 e. The Bertz CT molecular complexity index is 521. The molecule has 0 fully saturated rings. The van der Waals surface area contributed by atoms with Gasteiger partial charge in [-0.1, -0.05) is 50.2 Å². The third-order valence-corrected chi connectivity index (χ3v) is 3.16. The van der Waals surface area contributed by atoms with Crippen LogP contribution in [0.15, 0.2) is 42.5 Å². The van der Waals surface area contributed by atoms with Gasteiger partial charge in [-0.05, 0) is 42.5 Å². The van der Waals surface area contributed by atoms with Crippen molar-refractivity contribution < 1.29 is 4.74 Å². The molecule has 1 nitrogen and oxygen atoms in total. The fourth-order valence-electron chi connectivity index (χ4n) is 2.12. The Kier molecular flexibility index (Phi) is 3.71. The minimum Gasteiger partial charge on any atom is -0.457 e. The van der Waals surface area contributed by atoms with Crippen molar-refractivity contribution in [2.24, 2.45) is 0 Å². The third-order valence-electron chi connectivity index (χ3n) is 3.16. The lowest BCUT2D eigenvalue weighted by atomic mass is 10.0. The largest absolute Gasteiger partial charge is 0.457 e. The number of ether oxygens (including phenoxy) is 1. The van der Waals surface area contributed by atoms with Gasteiger partial charge in [-0.15, -0.1) is 0 Å². The van der Waals surface area contributed by atoms with Gasteiger partial charge in [0.25, 0.3) is 0 Å². The standard InChI is InChI=1S/C17H20O/c1-12(2)15-10-5-6-11-16(15)18-17-13(3)8-7-9-14(17)4/h5-12H,1-4H3. The van der Waals surface area contributed by atoms with Crippen LogP contribution in [-0.2, 0) is 0 Å². The first-order chi connectivity index (χ1) is 8.59. The van der Waals surface area contributed by atoms with E-state index in [1.807, 2.05) is 12.1 Å². The summed E-state index contributed by atoms with van der Waals surface area (Å²) < 4.78 is 6.13. The van der Waals surface area contributed by atoms with Crippen molar-refractivity contribution >= 4 is 0 Å². The van der Waals surface area contributed by atoms with Crippen LogP contribution in [0.1, 0.15) is 36.5 Å². The molecule has 2 rings (SSSR count). The van der Waals surface area contributed by atoms with Gasteiger partial charge in [0.1, 0.15) is 11.5 Å². The van der Waals surface area contributed by atoms with Crippen LogP contribution in [0.4, 0.5) is 0 Å². The van der Waals surface area contributed by atoms with Crippen molar-refractivity contribution in [3.63, 3.8) is 0 Å². The molecule has 0 aliphatic heterocycles. The van der Waals surface area contributed by atoms with Crippen LogP contribution in [-0.4, -0.2) is 0 Å². The monoisotopic (exact) mass is 240 g/mol. The second-order valence-corrected chi connectivity index (χ2v) is 5.02. The Balaban J connectivity index is 2.40. The fraction of sp³-hybridized carbons (Fsp3) is 0.294. The van der Waals surface area contributed by atoms with Gasteiger partial charge in [-0.25, -0.2) is 0 Å². The molecular formula is C17H20O. The van der Waals surface area contributed by atoms with Crippen LogP contribution >= 0.6 is 0 Å². The van der Waals surface area contributed by atoms with Crippen LogP contribution in [0.3, 0.4) is 0 Å². The zero-order valence-electron chi connectivity index (χ0n) is 11.5. The average molecular weight is 240 g/mol. The van der Waals surface area contributed by atoms with E-state index in [-0.39, 0.29) is 0 Å². The molecule has 2 aromatic carbocycles. The molecule has 0 heterocycles. The Hall–Kier alpha value is -1.76. The molecule has 0 aliphatic carbocycles. The lowest BCUT2D eigenvalue weighted by Crippen LogP contribution is -1.96. The van der Waals surface area contributed by atoms with Crippen LogP contribution in [0, 0.1) is 13.8 Å². The van der Waals surface area contributed by atoms with E-state index in [0.717, 1.165) is 11.5 Å². The van der Waals surface area contributed by atoms with E-state index < -0.39 is 0 Å². The lowest BCUT2D eigenvalue weighted by molar-refractivity contribution is 0.466. The van der Waals surface area contributed by atoms with Gasteiger partial charge in [0.2, 0.25) is 0 Å². The molecule has 0 spiro atoms. The molecular weight excluding hydrogens is 220 g/mol. The van der Waals surface area contributed by atoms with Crippen LogP contribution in [0.5, 0.6) is 11.5 Å². The molecule has 2 aromatic rings. The van der Waals surface area contributed by atoms with Crippen molar-refractivity contribution in [3.05, 3.63) is 59.2 Å². The number of rotatable bonds is 3. The predicted octanol–water partition coefficient (Wildman–Crippen LogP) is 5.22. The van der Waals surface area contributed by atoms with Crippen molar-refractivity contribution in [1.29, 1.82) is 0 Å². The summed E-state index contributed by atoms with van der Waals surface area (Å²) in [5.74, 6) is 2.40. The minimum absolute atomic E-state index is 0.463. The topological polar surface area (TPSA) is 9.23 Å². The first-order valence-corrected chi connectivity index (χ1v) is 6.42. The zero-order chi connectivity index (χ0) is 13.1. The summed E-state index contributed by atoms with van der Waals surface area (Å²) in [6.45, 7) is 8.54. The molecule has 0 radical (unpaired) electrons. The normalized spacial score (nSPS) is 10.7. The third kappa shape index (κ3) is 2.56. The Morgan fingerprint density at radius 3 is 2.06 bits per heavy atom. The minimum atomic E-state index is 0.463. The highest BCUT2D eigenvalue weighted by atomic mass is 16.5. The smallest absolute Gasteiger partial charge is 0.133 e. The van der Waals surface area contributed by atoms with Gasteiger partial charge in [-0.2, -0.15) is 0 Å². The molecule has 0 bridgehead atoms. The van der Waals surface area contributed by atoms with Gasteiger partial charge in [0.15, 0.2) is 0 Å². The second kappa shape index (κ2) is 5.26. The van der Waals surface area contributed by atoms with Crippen molar-refractivity contribution in [3.8, 4) is 11.5 Å². The summed E-state index contributed by atoms with van der Waals surface area (Å²) in [5.41, 5.74) is 3.60. The highest BCUT2D eigenvalue weighted by Crippen LogP contribution is 2.33. The highest BCUT2D eigenvalue weighted by Gasteiger charge is 2.10. The Morgan fingerprint density at radius 1 is 0.833 bits per heavy atom. The number of benzene rings is 2. The first-order valence-electron chi connectivity index (χ1n) is 6.42. The zero-order valence-corrected chi connectivity index (χ0v) is 11.5. The molecule has 0 saturated heterocycles. The van der Waals surface area contributed by atoms with Gasteiger partial charge in [-0.3, -0.25) is 0 Å². The number of hydrogen-bond acceptors (Lipinski definition) is 1. The van der Waals surface area contributed by atoms with E-state index in [1.54, 1.807) is 0 Å². The van der Waals surface area contributed by atoms with Gasteiger partial charge in [0, 0.05) is 0 Å².